The molecule has 1 atom stereocenters. The first-order valence-electron chi connectivity index (χ1n) is 11.5. The van der Waals surface area contributed by atoms with Crippen LogP contribution in [0.15, 0.2) is 36.4 Å². The van der Waals surface area contributed by atoms with Gasteiger partial charge in [0, 0.05) is 22.5 Å². The maximum atomic E-state index is 11.3. The minimum absolute atomic E-state index is 0.445. The Kier molecular flexibility index (Phi) is 10.1. The summed E-state index contributed by atoms with van der Waals surface area (Å²) in [5.74, 6) is 0. The largest absolute Gasteiger partial charge is 0.388 e. The lowest BCUT2D eigenvalue weighted by molar-refractivity contribution is 0.141. The molecular formula is C26H30Cl4N2O. The summed E-state index contributed by atoms with van der Waals surface area (Å²) in [5, 5.41) is 13.9. The first kappa shape index (κ1) is 26.5. The maximum Gasteiger partial charge on any atom is 0.0900 e. The third kappa shape index (κ3) is 6.97. The van der Waals surface area contributed by atoms with Gasteiger partial charge < -0.3 is 10.0 Å². The van der Waals surface area contributed by atoms with Crippen LogP contribution in [-0.4, -0.2) is 34.6 Å². The van der Waals surface area contributed by atoms with E-state index in [9.17, 15) is 5.11 Å². The van der Waals surface area contributed by atoms with Crippen LogP contribution in [0.2, 0.25) is 20.1 Å². The fourth-order valence-corrected chi connectivity index (χ4v) is 4.75. The van der Waals surface area contributed by atoms with E-state index in [2.05, 4.69) is 18.7 Å². The lowest BCUT2D eigenvalue weighted by Gasteiger charge is -2.24. The Hall–Kier alpha value is -1.07. The van der Waals surface area contributed by atoms with E-state index in [0.717, 1.165) is 61.8 Å². The predicted molar refractivity (Wildman–Crippen MR) is 143 cm³/mol. The molecule has 0 aliphatic heterocycles. The second-order valence-corrected chi connectivity index (χ2v) is 10.0. The fourth-order valence-electron chi connectivity index (χ4n) is 3.92. The molecule has 1 aromatic heterocycles. The summed E-state index contributed by atoms with van der Waals surface area (Å²) in [6, 6.07) is 10.8. The van der Waals surface area contributed by atoms with Gasteiger partial charge in [0.2, 0.25) is 0 Å². The topological polar surface area (TPSA) is 36.4 Å². The van der Waals surface area contributed by atoms with E-state index >= 15 is 0 Å². The summed E-state index contributed by atoms with van der Waals surface area (Å²) >= 11 is 25.2. The Morgan fingerprint density at radius 2 is 1.55 bits per heavy atom. The van der Waals surface area contributed by atoms with Crippen molar-refractivity contribution < 1.29 is 5.11 Å². The second kappa shape index (κ2) is 12.6. The molecule has 0 spiro atoms. The average molecular weight is 528 g/mol. The number of hydrogen-bond acceptors (Lipinski definition) is 3. The third-order valence-corrected chi connectivity index (χ3v) is 7.06. The molecular weight excluding hydrogens is 498 g/mol. The summed E-state index contributed by atoms with van der Waals surface area (Å²) in [6.45, 7) is 7.32. The Bertz CT molecular complexity index is 1080. The van der Waals surface area contributed by atoms with Crippen molar-refractivity contribution in [3.05, 3.63) is 62.1 Å². The van der Waals surface area contributed by atoms with Crippen LogP contribution in [0.1, 0.15) is 57.6 Å². The molecule has 33 heavy (non-hydrogen) atoms. The standard InChI is InChI=1S/C26H30Cl4N2O/c1-3-5-10-32(11-6-4-2)12-9-25(33)19-16-24(17-7-8-21(28)22(29)13-17)31-26-20(19)14-18(27)15-23(26)30/h7-8,13-16,25,33H,3-6,9-12H2,1-2H3/t25-/m0/s1. The number of nitrogens with zero attached hydrogens (tertiary/aromatic N) is 2. The number of rotatable bonds is 11. The van der Waals surface area contributed by atoms with Gasteiger partial charge in [-0.05, 0) is 68.2 Å². The van der Waals surface area contributed by atoms with Crippen molar-refractivity contribution in [1.29, 1.82) is 0 Å². The van der Waals surface area contributed by atoms with Gasteiger partial charge in [0.05, 0.1) is 32.4 Å². The highest BCUT2D eigenvalue weighted by atomic mass is 35.5. The van der Waals surface area contributed by atoms with Crippen molar-refractivity contribution in [1.82, 2.24) is 9.88 Å². The Morgan fingerprint density at radius 3 is 2.18 bits per heavy atom. The SMILES string of the molecule is CCCCN(CCCC)CC[C@H](O)c1cc(-c2ccc(Cl)c(Cl)c2)nc2c(Cl)cc(Cl)cc12. The Labute approximate surface area is 216 Å². The first-order chi connectivity index (χ1) is 15.8. The summed E-state index contributed by atoms with van der Waals surface area (Å²) < 4.78 is 0. The molecule has 2 aromatic carbocycles. The zero-order valence-corrected chi connectivity index (χ0v) is 22.1. The molecule has 0 saturated heterocycles. The number of unbranched alkanes of at least 4 members (excludes halogenated alkanes) is 2. The van der Waals surface area contributed by atoms with Crippen LogP contribution in [0.3, 0.4) is 0 Å². The van der Waals surface area contributed by atoms with Crippen LogP contribution in [0.25, 0.3) is 22.2 Å². The number of benzene rings is 2. The number of aromatic nitrogens is 1. The summed E-state index contributed by atoms with van der Waals surface area (Å²) in [4.78, 5) is 7.21. The van der Waals surface area contributed by atoms with Gasteiger partial charge in [-0.3, -0.25) is 0 Å². The second-order valence-electron chi connectivity index (χ2n) is 8.36. The van der Waals surface area contributed by atoms with Gasteiger partial charge in [0.1, 0.15) is 0 Å². The van der Waals surface area contributed by atoms with E-state index in [4.69, 9.17) is 51.4 Å². The van der Waals surface area contributed by atoms with Crippen LogP contribution >= 0.6 is 46.4 Å². The number of aliphatic hydroxyl groups excluding tert-OH is 1. The van der Waals surface area contributed by atoms with E-state index in [1.54, 1.807) is 18.2 Å². The van der Waals surface area contributed by atoms with E-state index < -0.39 is 6.10 Å². The molecule has 178 valence electrons. The number of aliphatic hydroxyl groups is 1. The molecule has 0 aliphatic rings. The highest BCUT2D eigenvalue weighted by Crippen LogP contribution is 2.36. The number of fused-ring (bicyclic) bond motifs is 1. The van der Waals surface area contributed by atoms with Crippen LogP contribution in [0, 0.1) is 0 Å². The minimum Gasteiger partial charge on any atom is -0.388 e. The van der Waals surface area contributed by atoms with Crippen LogP contribution in [-0.2, 0) is 0 Å². The van der Waals surface area contributed by atoms with Gasteiger partial charge in [-0.2, -0.15) is 0 Å². The van der Waals surface area contributed by atoms with Gasteiger partial charge in [-0.1, -0.05) is 79.2 Å². The van der Waals surface area contributed by atoms with Crippen molar-refractivity contribution in [2.24, 2.45) is 0 Å². The highest BCUT2D eigenvalue weighted by Gasteiger charge is 2.19. The lowest BCUT2D eigenvalue weighted by Crippen LogP contribution is -2.28. The van der Waals surface area contributed by atoms with Crippen molar-refractivity contribution in [2.75, 3.05) is 19.6 Å². The molecule has 0 saturated carbocycles. The lowest BCUT2D eigenvalue weighted by atomic mass is 9.98. The molecule has 0 radical (unpaired) electrons. The van der Waals surface area contributed by atoms with Crippen molar-refractivity contribution >= 4 is 57.3 Å². The van der Waals surface area contributed by atoms with Crippen molar-refractivity contribution in [2.45, 2.75) is 52.1 Å². The zero-order valence-electron chi connectivity index (χ0n) is 19.1. The van der Waals surface area contributed by atoms with Gasteiger partial charge in [0.15, 0.2) is 0 Å². The summed E-state index contributed by atoms with van der Waals surface area (Å²) in [5.41, 5.74) is 2.84. The summed E-state index contributed by atoms with van der Waals surface area (Å²) in [6.07, 6.45) is 4.55. The quantitative estimate of drug-likeness (QED) is 0.270. The number of pyridine rings is 1. The van der Waals surface area contributed by atoms with Crippen molar-refractivity contribution in [3.63, 3.8) is 0 Å². The van der Waals surface area contributed by atoms with E-state index in [1.165, 1.54) is 0 Å². The molecule has 3 rings (SSSR count). The van der Waals surface area contributed by atoms with Gasteiger partial charge in [-0.15, -0.1) is 0 Å². The molecule has 3 nitrogen and oxygen atoms in total. The van der Waals surface area contributed by atoms with Crippen molar-refractivity contribution in [3.8, 4) is 11.3 Å². The zero-order chi connectivity index (χ0) is 24.0. The molecule has 0 aliphatic carbocycles. The monoisotopic (exact) mass is 526 g/mol. The number of halogens is 4. The minimum atomic E-state index is -0.683. The molecule has 0 fully saturated rings. The van der Waals surface area contributed by atoms with Crippen LogP contribution < -0.4 is 0 Å². The Morgan fingerprint density at radius 1 is 0.848 bits per heavy atom. The Balaban J connectivity index is 1.97. The third-order valence-electron chi connectivity index (χ3n) is 5.81. The summed E-state index contributed by atoms with van der Waals surface area (Å²) in [7, 11) is 0. The highest BCUT2D eigenvalue weighted by molar-refractivity contribution is 6.42. The van der Waals surface area contributed by atoms with Gasteiger partial charge >= 0.3 is 0 Å². The number of hydrogen-bond donors (Lipinski definition) is 1. The molecule has 0 unspecified atom stereocenters. The fraction of sp³-hybridized carbons (Fsp3) is 0.423. The van der Waals surface area contributed by atoms with Crippen LogP contribution in [0.4, 0.5) is 0 Å². The molecule has 1 N–H and O–H groups in total. The molecule has 0 bridgehead atoms. The van der Waals surface area contributed by atoms with E-state index in [1.807, 2.05) is 18.2 Å². The van der Waals surface area contributed by atoms with Crippen LogP contribution in [0.5, 0.6) is 0 Å². The molecule has 0 amide bonds. The maximum absolute atomic E-state index is 11.3. The normalized spacial score (nSPS) is 12.6. The molecule has 3 aromatic rings. The average Bonchev–Trinajstić information content (AvgIpc) is 2.79. The van der Waals surface area contributed by atoms with E-state index in [-0.39, 0.29) is 0 Å². The molecule has 7 heteroatoms. The first-order valence-corrected chi connectivity index (χ1v) is 13.0. The predicted octanol–water partition coefficient (Wildman–Crippen LogP) is 8.84. The molecule has 1 heterocycles. The smallest absolute Gasteiger partial charge is 0.0900 e. The van der Waals surface area contributed by atoms with E-state index in [0.29, 0.717) is 37.7 Å². The van der Waals surface area contributed by atoms with Gasteiger partial charge in [-0.25, -0.2) is 4.98 Å². The van der Waals surface area contributed by atoms with Gasteiger partial charge in [0.25, 0.3) is 0 Å².